The Morgan fingerprint density at radius 1 is 1.03 bits per heavy atom. The van der Waals surface area contributed by atoms with Gasteiger partial charge in [0, 0.05) is 24.5 Å². The van der Waals surface area contributed by atoms with Crippen molar-refractivity contribution in [2.24, 2.45) is 0 Å². The van der Waals surface area contributed by atoms with Crippen molar-refractivity contribution < 1.29 is 27.6 Å². The van der Waals surface area contributed by atoms with Crippen LogP contribution < -0.4 is 10.2 Å². The van der Waals surface area contributed by atoms with Gasteiger partial charge in [-0.25, -0.2) is 4.68 Å². The van der Waals surface area contributed by atoms with E-state index in [0.29, 0.717) is 11.4 Å². The first-order valence-electron chi connectivity index (χ1n) is 9.75. The number of imide groups is 1. The molecule has 3 aromatic rings. The summed E-state index contributed by atoms with van der Waals surface area (Å²) in [6, 6.07) is 10.1. The van der Waals surface area contributed by atoms with Crippen molar-refractivity contribution in [2.75, 3.05) is 10.2 Å². The molecule has 0 bridgehead atoms. The van der Waals surface area contributed by atoms with Gasteiger partial charge in [-0.2, -0.15) is 18.3 Å². The lowest BCUT2D eigenvalue weighted by Gasteiger charge is -2.15. The van der Waals surface area contributed by atoms with Gasteiger partial charge in [0.1, 0.15) is 5.82 Å². The van der Waals surface area contributed by atoms with Crippen LogP contribution in [0.1, 0.15) is 34.5 Å². The van der Waals surface area contributed by atoms with E-state index in [1.54, 1.807) is 6.92 Å². The summed E-state index contributed by atoms with van der Waals surface area (Å²) in [7, 11) is 0. The molecule has 1 N–H and O–H groups in total. The zero-order chi connectivity index (χ0) is 23.9. The van der Waals surface area contributed by atoms with Crippen LogP contribution in [0.3, 0.4) is 0 Å². The topological polar surface area (TPSA) is 84.3 Å². The summed E-state index contributed by atoms with van der Waals surface area (Å²) >= 11 is 6.12. The molecular weight excluding hydrogens is 461 g/mol. The van der Waals surface area contributed by atoms with Crippen LogP contribution in [0.2, 0.25) is 5.02 Å². The Balaban J connectivity index is 1.61. The van der Waals surface area contributed by atoms with Crippen LogP contribution in [0, 0.1) is 6.92 Å². The van der Waals surface area contributed by atoms with Gasteiger partial charge in [0.05, 0.1) is 27.7 Å². The minimum absolute atomic E-state index is 0.0194. The molecule has 7 nitrogen and oxygen atoms in total. The lowest BCUT2D eigenvalue weighted by Crippen LogP contribution is -2.28. The molecule has 1 fully saturated rings. The number of hydrogen-bond acceptors (Lipinski definition) is 4. The van der Waals surface area contributed by atoms with E-state index in [-0.39, 0.29) is 46.7 Å². The van der Waals surface area contributed by atoms with Gasteiger partial charge < -0.3 is 5.32 Å². The summed E-state index contributed by atoms with van der Waals surface area (Å²) in [5.74, 6) is -1.07. The van der Waals surface area contributed by atoms with E-state index in [4.69, 9.17) is 11.6 Å². The van der Waals surface area contributed by atoms with Crippen LogP contribution in [0.4, 0.5) is 24.7 Å². The third-order valence-electron chi connectivity index (χ3n) is 5.01. The number of nitrogens with one attached hydrogen (secondary N) is 1. The highest BCUT2D eigenvalue weighted by atomic mass is 35.5. The molecule has 0 saturated carbocycles. The van der Waals surface area contributed by atoms with Crippen LogP contribution in [-0.2, 0) is 15.8 Å². The summed E-state index contributed by atoms with van der Waals surface area (Å²) in [6.07, 6.45) is -4.30. The SMILES string of the molecule is Cc1cc(NC(=O)c2ccc(N3C(=O)CCC3=O)cc2)n(-c2cc(C(F)(F)F)ccc2Cl)n1. The van der Waals surface area contributed by atoms with Gasteiger partial charge in [0.15, 0.2) is 0 Å². The summed E-state index contributed by atoms with van der Waals surface area (Å²) < 4.78 is 40.6. The number of carbonyl (C=O) groups is 3. The predicted octanol–water partition coefficient (Wildman–Crippen LogP) is 4.76. The highest BCUT2D eigenvalue weighted by Gasteiger charge is 2.32. The van der Waals surface area contributed by atoms with Gasteiger partial charge in [0.25, 0.3) is 5.91 Å². The molecule has 1 aromatic heterocycles. The van der Waals surface area contributed by atoms with Crippen molar-refractivity contribution in [3.8, 4) is 5.69 Å². The van der Waals surface area contributed by atoms with Crippen LogP contribution >= 0.6 is 11.6 Å². The zero-order valence-electron chi connectivity index (χ0n) is 17.1. The fraction of sp³-hybridized carbons (Fsp3) is 0.182. The maximum absolute atomic E-state index is 13.2. The lowest BCUT2D eigenvalue weighted by molar-refractivity contribution is -0.137. The third kappa shape index (κ3) is 4.47. The van der Waals surface area contributed by atoms with Crippen molar-refractivity contribution in [1.82, 2.24) is 9.78 Å². The minimum Gasteiger partial charge on any atom is -0.306 e. The van der Waals surface area contributed by atoms with Gasteiger partial charge in [-0.1, -0.05) is 11.6 Å². The highest BCUT2D eigenvalue weighted by molar-refractivity contribution is 6.32. The minimum atomic E-state index is -4.58. The van der Waals surface area contributed by atoms with Crippen molar-refractivity contribution in [2.45, 2.75) is 25.9 Å². The van der Waals surface area contributed by atoms with Gasteiger partial charge in [0.2, 0.25) is 11.8 Å². The molecule has 33 heavy (non-hydrogen) atoms. The Bertz CT molecular complexity index is 1250. The quantitative estimate of drug-likeness (QED) is 0.550. The van der Waals surface area contributed by atoms with E-state index < -0.39 is 17.6 Å². The molecule has 0 aliphatic carbocycles. The standard InChI is InChI=1S/C22H16ClF3N4O3/c1-12-10-18(30(28-12)17-11-14(22(24,25)26)4-7-16(17)23)27-21(33)13-2-5-15(6-3-13)29-19(31)8-9-20(29)32/h2-7,10-11H,8-9H2,1H3,(H,27,33). The number of aromatic nitrogens is 2. The zero-order valence-corrected chi connectivity index (χ0v) is 17.9. The number of rotatable bonds is 4. The van der Waals surface area contributed by atoms with Crippen LogP contribution in [0.5, 0.6) is 0 Å². The van der Waals surface area contributed by atoms with Crippen molar-refractivity contribution >= 4 is 40.8 Å². The summed E-state index contributed by atoms with van der Waals surface area (Å²) in [5.41, 5.74) is 0.0551. The predicted molar refractivity (Wildman–Crippen MR) is 114 cm³/mol. The molecule has 1 aliphatic rings. The second-order valence-corrected chi connectivity index (χ2v) is 7.78. The van der Waals surface area contributed by atoms with E-state index in [1.165, 1.54) is 30.3 Å². The molecule has 170 valence electrons. The number of nitrogens with zero attached hydrogens (tertiary/aromatic N) is 3. The second kappa shape index (κ2) is 8.36. The number of hydrogen-bond donors (Lipinski definition) is 1. The van der Waals surface area contributed by atoms with E-state index in [1.807, 2.05) is 0 Å². The molecule has 1 saturated heterocycles. The molecular formula is C22H16ClF3N4O3. The Labute approximate surface area is 190 Å². The summed E-state index contributed by atoms with van der Waals surface area (Å²) in [4.78, 5) is 37.6. The van der Waals surface area contributed by atoms with E-state index >= 15 is 0 Å². The number of benzene rings is 2. The first-order valence-corrected chi connectivity index (χ1v) is 10.1. The van der Waals surface area contributed by atoms with Gasteiger partial charge in [-0.05, 0) is 49.4 Å². The fourth-order valence-corrected chi connectivity index (χ4v) is 3.64. The Hall–Kier alpha value is -3.66. The Morgan fingerprint density at radius 2 is 1.67 bits per heavy atom. The molecule has 0 spiro atoms. The molecule has 0 unspecified atom stereocenters. The highest BCUT2D eigenvalue weighted by Crippen LogP contribution is 2.34. The molecule has 2 aromatic carbocycles. The molecule has 2 heterocycles. The molecule has 1 aliphatic heterocycles. The molecule has 4 rings (SSSR count). The second-order valence-electron chi connectivity index (χ2n) is 7.37. The van der Waals surface area contributed by atoms with Gasteiger partial charge in [-0.3, -0.25) is 19.3 Å². The van der Waals surface area contributed by atoms with Crippen LogP contribution in [-0.4, -0.2) is 27.5 Å². The number of amides is 3. The fourth-order valence-electron chi connectivity index (χ4n) is 3.44. The average Bonchev–Trinajstić information content (AvgIpc) is 3.28. The van der Waals surface area contributed by atoms with E-state index in [0.717, 1.165) is 27.8 Å². The number of halogens is 4. The van der Waals surface area contributed by atoms with E-state index in [9.17, 15) is 27.6 Å². The first kappa shape index (κ1) is 22.5. The molecule has 3 amide bonds. The molecule has 0 atom stereocenters. The van der Waals surface area contributed by atoms with Gasteiger partial charge >= 0.3 is 6.18 Å². The van der Waals surface area contributed by atoms with Crippen molar-refractivity contribution in [1.29, 1.82) is 0 Å². The first-order chi connectivity index (χ1) is 15.5. The number of anilines is 2. The van der Waals surface area contributed by atoms with Crippen LogP contribution in [0.25, 0.3) is 5.69 Å². The number of alkyl halides is 3. The van der Waals surface area contributed by atoms with Crippen molar-refractivity contribution in [3.05, 3.63) is 70.4 Å². The third-order valence-corrected chi connectivity index (χ3v) is 5.33. The molecule has 0 radical (unpaired) electrons. The van der Waals surface area contributed by atoms with E-state index in [2.05, 4.69) is 10.4 Å². The van der Waals surface area contributed by atoms with Gasteiger partial charge in [-0.15, -0.1) is 0 Å². The smallest absolute Gasteiger partial charge is 0.306 e. The monoisotopic (exact) mass is 476 g/mol. The summed E-state index contributed by atoms with van der Waals surface area (Å²) in [5, 5.41) is 6.79. The Morgan fingerprint density at radius 3 is 2.27 bits per heavy atom. The number of carbonyl (C=O) groups excluding carboxylic acids is 3. The van der Waals surface area contributed by atoms with Crippen molar-refractivity contribution in [3.63, 3.8) is 0 Å². The average molecular weight is 477 g/mol. The summed E-state index contributed by atoms with van der Waals surface area (Å²) in [6.45, 7) is 1.62. The largest absolute Gasteiger partial charge is 0.416 e. The lowest BCUT2D eigenvalue weighted by atomic mass is 10.2. The normalized spacial score (nSPS) is 14.2. The van der Waals surface area contributed by atoms with Crippen LogP contribution in [0.15, 0.2) is 48.5 Å². The maximum Gasteiger partial charge on any atom is 0.416 e. The molecule has 11 heteroatoms. The maximum atomic E-state index is 13.2. The number of aryl methyl sites for hydroxylation is 1. The Kier molecular flexibility index (Phi) is 5.71.